The van der Waals surface area contributed by atoms with Gasteiger partial charge in [-0.25, -0.2) is 4.98 Å². The number of anilines is 4. The van der Waals surface area contributed by atoms with Gasteiger partial charge in [0.15, 0.2) is 5.82 Å². The van der Waals surface area contributed by atoms with E-state index in [1.807, 2.05) is 25.1 Å². The van der Waals surface area contributed by atoms with Crippen LogP contribution in [0.4, 0.5) is 23.1 Å². The van der Waals surface area contributed by atoms with Crippen molar-refractivity contribution in [2.24, 2.45) is 0 Å². The van der Waals surface area contributed by atoms with Gasteiger partial charge in [0.2, 0.25) is 23.7 Å². The summed E-state index contributed by atoms with van der Waals surface area (Å²) in [7, 11) is 3.34. The van der Waals surface area contributed by atoms with Crippen LogP contribution in [0.1, 0.15) is 109 Å². The highest BCUT2D eigenvalue weighted by Crippen LogP contribution is 2.40. The van der Waals surface area contributed by atoms with Crippen molar-refractivity contribution in [3.8, 4) is 5.75 Å². The molecule has 290 valence electrons. The van der Waals surface area contributed by atoms with Crippen LogP contribution in [-0.4, -0.2) is 83.2 Å². The molecule has 0 spiro atoms. The number of aromatic nitrogens is 2. The molecule has 55 heavy (non-hydrogen) atoms. The standard InChI is InChI=1S/C41H50N8O6/c1-4-31-40(54)47(2)33-23-43-41(46-36(33)49(31)27-14-8-9-15-27)44-30-18-17-26(22-34(30)55-3)37(51)42-21-10-6-5-7-12-25-13-11-16-28-29(25)24-48(39(28)53)32-19-20-35(50)45-38(32)52/h11,13,16-18,22-23,27,31-32H,4-10,12,14-15,19-21,24H2,1-3H3,(H,42,51)(H,43,44,46)(H,45,50,52)/t31-,32?/m1/s1. The van der Waals surface area contributed by atoms with Crippen molar-refractivity contribution in [2.45, 2.75) is 109 Å². The Balaban J connectivity index is 0.895. The Morgan fingerprint density at radius 2 is 1.82 bits per heavy atom. The number of rotatable bonds is 14. The van der Waals surface area contributed by atoms with Crippen LogP contribution in [-0.2, 0) is 27.3 Å². The molecule has 4 heterocycles. The largest absolute Gasteiger partial charge is 0.495 e. The van der Waals surface area contributed by atoms with E-state index in [-0.39, 0.29) is 42.1 Å². The number of piperidine rings is 1. The number of aryl methyl sites for hydroxylation is 1. The summed E-state index contributed by atoms with van der Waals surface area (Å²) in [5.74, 6) is 0.644. The van der Waals surface area contributed by atoms with Crippen molar-refractivity contribution in [1.82, 2.24) is 25.5 Å². The molecule has 5 amide bonds. The van der Waals surface area contributed by atoms with Crippen LogP contribution in [0.3, 0.4) is 0 Å². The molecule has 1 saturated heterocycles. The molecule has 1 unspecified atom stereocenters. The van der Waals surface area contributed by atoms with Gasteiger partial charge in [-0.05, 0) is 80.3 Å². The number of nitrogens with zero attached hydrogens (tertiary/aromatic N) is 5. The van der Waals surface area contributed by atoms with Gasteiger partial charge in [0.1, 0.15) is 23.5 Å². The normalized spacial score (nSPS) is 19.7. The highest BCUT2D eigenvalue weighted by atomic mass is 16.5. The Bertz CT molecular complexity index is 1980. The molecule has 7 rings (SSSR count). The monoisotopic (exact) mass is 750 g/mol. The highest BCUT2D eigenvalue weighted by Gasteiger charge is 2.42. The van der Waals surface area contributed by atoms with Gasteiger partial charge in [0.05, 0.1) is 19.0 Å². The Morgan fingerprint density at radius 1 is 1.02 bits per heavy atom. The summed E-state index contributed by atoms with van der Waals surface area (Å²) < 4.78 is 5.66. The second kappa shape index (κ2) is 16.5. The third-order valence-electron chi connectivity index (χ3n) is 11.5. The second-order valence-corrected chi connectivity index (χ2v) is 14.9. The van der Waals surface area contributed by atoms with Gasteiger partial charge in [0, 0.05) is 43.7 Å². The van der Waals surface area contributed by atoms with E-state index in [1.165, 1.54) is 0 Å². The fraction of sp³-hybridized carbons (Fsp3) is 0.488. The van der Waals surface area contributed by atoms with Gasteiger partial charge in [-0.1, -0.05) is 44.7 Å². The van der Waals surface area contributed by atoms with Crippen molar-refractivity contribution in [3.05, 3.63) is 64.8 Å². The minimum atomic E-state index is -0.621. The maximum absolute atomic E-state index is 13.2. The van der Waals surface area contributed by atoms with Crippen molar-refractivity contribution in [2.75, 3.05) is 35.8 Å². The Morgan fingerprint density at radius 3 is 2.58 bits per heavy atom. The molecular weight excluding hydrogens is 701 g/mol. The molecule has 3 aromatic rings. The van der Waals surface area contributed by atoms with E-state index < -0.39 is 11.9 Å². The molecule has 1 aliphatic carbocycles. The van der Waals surface area contributed by atoms with E-state index >= 15 is 0 Å². The third-order valence-corrected chi connectivity index (χ3v) is 11.5. The lowest BCUT2D eigenvalue weighted by Gasteiger charge is -2.43. The summed E-state index contributed by atoms with van der Waals surface area (Å²) in [6, 6.07) is 10.4. The number of likely N-dealkylation sites (N-methyl/N-ethyl adjacent to an activating group) is 1. The Hall–Kier alpha value is -5.53. The van der Waals surface area contributed by atoms with E-state index in [1.54, 1.807) is 48.4 Å². The van der Waals surface area contributed by atoms with Gasteiger partial charge in [-0.2, -0.15) is 4.98 Å². The quantitative estimate of drug-likeness (QED) is 0.150. The summed E-state index contributed by atoms with van der Waals surface area (Å²) in [6.45, 7) is 2.96. The summed E-state index contributed by atoms with van der Waals surface area (Å²) in [5, 5.41) is 8.65. The molecule has 0 bridgehead atoms. The lowest BCUT2D eigenvalue weighted by atomic mass is 9.98. The Labute approximate surface area is 321 Å². The van der Waals surface area contributed by atoms with E-state index in [9.17, 15) is 24.0 Å². The highest BCUT2D eigenvalue weighted by molar-refractivity contribution is 6.06. The molecule has 1 saturated carbocycles. The van der Waals surface area contributed by atoms with E-state index in [0.717, 1.165) is 74.7 Å². The number of hydrogen-bond acceptors (Lipinski definition) is 10. The van der Waals surface area contributed by atoms with Crippen LogP contribution in [0, 0.1) is 0 Å². The molecule has 1 aromatic heterocycles. The average Bonchev–Trinajstić information content (AvgIpc) is 3.84. The first kappa shape index (κ1) is 37.8. The van der Waals surface area contributed by atoms with Gasteiger partial charge in [-0.15, -0.1) is 0 Å². The van der Waals surface area contributed by atoms with Gasteiger partial charge in [-0.3, -0.25) is 29.3 Å². The number of methoxy groups -OCH3 is 1. The number of hydrogen-bond donors (Lipinski definition) is 3. The summed E-state index contributed by atoms with van der Waals surface area (Å²) in [4.78, 5) is 78.4. The maximum Gasteiger partial charge on any atom is 0.255 e. The lowest BCUT2D eigenvalue weighted by Crippen LogP contribution is -2.55. The zero-order valence-electron chi connectivity index (χ0n) is 31.9. The smallest absolute Gasteiger partial charge is 0.255 e. The minimum Gasteiger partial charge on any atom is -0.495 e. The lowest BCUT2D eigenvalue weighted by molar-refractivity contribution is -0.137. The number of nitrogens with one attached hydrogen (secondary N) is 3. The number of amides is 5. The van der Waals surface area contributed by atoms with E-state index in [4.69, 9.17) is 9.72 Å². The fourth-order valence-corrected chi connectivity index (χ4v) is 8.48. The van der Waals surface area contributed by atoms with Gasteiger partial charge < -0.3 is 30.1 Å². The first-order valence-electron chi connectivity index (χ1n) is 19.6. The van der Waals surface area contributed by atoms with Crippen molar-refractivity contribution in [1.29, 1.82) is 0 Å². The number of fused-ring (bicyclic) bond motifs is 2. The van der Waals surface area contributed by atoms with E-state index in [2.05, 4.69) is 25.8 Å². The average molecular weight is 751 g/mol. The summed E-state index contributed by atoms with van der Waals surface area (Å²) in [6.07, 6.45) is 11.8. The maximum atomic E-state index is 13.2. The molecule has 3 N–H and O–H groups in total. The minimum absolute atomic E-state index is 0.0648. The molecule has 2 atom stereocenters. The first-order valence-corrected chi connectivity index (χ1v) is 19.6. The molecule has 3 aliphatic heterocycles. The number of unbranched alkanes of at least 4 members (excludes halogenated alkanes) is 3. The zero-order valence-corrected chi connectivity index (χ0v) is 31.9. The number of imide groups is 1. The molecule has 0 radical (unpaired) electrons. The summed E-state index contributed by atoms with van der Waals surface area (Å²) in [5.41, 5.74) is 4.52. The van der Waals surface area contributed by atoms with Crippen LogP contribution in [0.15, 0.2) is 42.6 Å². The first-order chi connectivity index (χ1) is 26.7. The van der Waals surface area contributed by atoms with Crippen LogP contribution < -0.4 is 30.5 Å². The van der Waals surface area contributed by atoms with Crippen LogP contribution >= 0.6 is 0 Å². The second-order valence-electron chi connectivity index (χ2n) is 14.9. The molecule has 14 heteroatoms. The number of benzene rings is 2. The van der Waals surface area contributed by atoms with Gasteiger partial charge in [0.25, 0.3) is 11.8 Å². The Kier molecular flexibility index (Phi) is 11.3. The number of carbonyl (C=O) groups is 5. The SMILES string of the molecule is CC[C@@H]1C(=O)N(C)c2cnc(Nc3ccc(C(=O)NCCCCCCc4cccc5c4CN(C4CCC(=O)NC4=O)C5=O)cc3OC)nc2N1C1CCCC1. The van der Waals surface area contributed by atoms with Gasteiger partial charge >= 0.3 is 0 Å². The molecular formula is C41H50N8O6. The number of ether oxygens (including phenoxy) is 1. The van der Waals surface area contributed by atoms with Crippen LogP contribution in [0.5, 0.6) is 5.75 Å². The number of carbonyl (C=O) groups excluding carboxylic acids is 5. The van der Waals surface area contributed by atoms with Crippen LogP contribution in [0.2, 0.25) is 0 Å². The predicted octanol–water partition coefficient (Wildman–Crippen LogP) is 5.03. The fourth-order valence-electron chi connectivity index (χ4n) is 8.48. The molecule has 14 nitrogen and oxygen atoms in total. The topological polar surface area (TPSA) is 166 Å². The van der Waals surface area contributed by atoms with Crippen molar-refractivity contribution in [3.63, 3.8) is 0 Å². The molecule has 4 aliphatic rings. The van der Waals surface area contributed by atoms with E-state index in [0.29, 0.717) is 60.1 Å². The summed E-state index contributed by atoms with van der Waals surface area (Å²) >= 11 is 0. The van der Waals surface area contributed by atoms with Crippen LogP contribution in [0.25, 0.3) is 0 Å². The molecule has 2 fully saturated rings. The van der Waals surface area contributed by atoms with Crippen molar-refractivity contribution < 1.29 is 28.7 Å². The zero-order chi connectivity index (χ0) is 38.6. The predicted molar refractivity (Wildman–Crippen MR) is 208 cm³/mol. The van der Waals surface area contributed by atoms with Crippen molar-refractivity contribution >= 4 is 52.7 Å². The molecule has 2 aromatic carbocycles. The third kappa shape index (κ3) is 7.72.